The molecular weight excluding hydrogens is 392 g/mol. The van der Waals surface area contributed by atoms with Gasteiger partial charge in [0.2, 0.25) is 11.8 Å². The molecule has 0 aromatic heterocycles. The van der Waals surface area contributed by atoms with E-state index in [1.807, 2.05) is 44.2 Å². The minimum atomic E-state index is -0.811. The molecule has 6 nitrogen and oxygen atoms in total. The first kappa shape index (κ1) is 24.9. The fourth-order valence-corrected chi connectivity index (χ4v) is 4.03. The third-order valence-electron chi connectivity index (χ3n) is 5.76. The fourth-order valence-electron chi connectivity index (χ4n) is 4.03. The van der Waals surface area contributed by atoms with Gasteiger partial charge in [0.1, 0.15) is 12.1 Å². The van der Waals surface area contributed by atoms with Crippen molar-refractivity contribution >= 4 is 17.8 Å². The zero-order valence-electron chi connectivity index (χ0n) is 19.4. The molecule has 0 spiro atoms. The number of amides is 2. The highest BCUT2D eigenvalue weighted by molar-refractivity contribution is 5.91. The van der Waals surface area contributed by atoms with Crippen LogP contribution in [0.4, 0.5) is 0 Å². The zero-order valence-corrected chi connectivity index (χ0v) is 19.4. The van der Waals surface area contributed by atoms with E-state index in [0.717, 1.165) is 12.0 Å². The van der Waals surface area contributed by atoms with Crippen molar-refractivity contribution in [3.63, 3.8) is 0 Å². The monoisotopic (exact) mass is 430 g/mol. The Bertz CT molecular complexity index is 711. The van der Waals surface area contributed by atoms with Crippen LogP contribution in [0.5, 0.6) is 0 Å². The Labute approximate surface area is 186 Å². The van der Waals surface area contributed by atoms with Crippen molar-refractivity contribution in [2.24, 2.45) is 11.8 Å². The topological polar surface area (TPSA) is 84.5 Å². The van der Waals surface area contributed by atoms with Crippen molar-refractivity contribution in [2.75, 3.05) is 0 Å². The van der Waals surface area contributed by atoms with E-state index >= 15 is 0 Å². The molecule has 1 saturated carbocycles. The Morgan fingerprint density at radius 2 is 1.65 bits per heavy atom. The molecule has 0 unspecified atom stereocenters. The van der Waals surface area contributed by atoms with Gasteiger partial charge in [-0.3, -0.25) is 9.59 Å². The van der Waals surface area contributed by atoms with E-state index in [1.54, 1.807) is 13.8 Å². The minimum absolute atomic E-state index is 0.103. The normalized spacial score (nSPS) is 16.2. The molecular formula is C25H38N2O4. The number of carbonyl (C=O) groups is 3. The van der Waals surface area contributed by atoms with Crippen molar-refractivity contribution in [1.82, 2.24) is 10.6 Å². The van der Waals surface area contributed by atoms with Crippen molar-refractivity contribution in [3.05, 3.63) is 35.9 Å². The average Bonchev–Trinajstić information content (AvgIpc) is 3.23. The van der Waals surface area contributed by atoms with E-state index in [-0.39, 0.29) is 23.8 Å². The average molecular weight is 431 g/mol. The standard InChI is InChI=1S/C25H38N2O4/c1-17(2)23(27-22(28)15-14-19-10-8-9-11-19)24(29)26-21(25(30)31-18(3)4)16-20-12-6-5-7-13-20/h5-7,12-13,17-19,21,23H,8-11,14-16H2,1-4H3,(H,26,29)(H,27,28)/t21-,23-/m1/s1. The van der Waals surface area contributed by atoms with Crippen LogP contribution in [0.1, 0.15) is 71.8 Å². The number of benzene rings is 1. The van der Waals surface area contributed by atoms with Gasteiger partial charge in [0, 0.05) is 12.8 Å². The molecule has 2 amide bonds. The van der Waals surface area contributed by atoms with E-state index in [2.05, 4.69) is 10.6 Å². The van der Waals surface area contributed by atoms with Gasteiger partial charge in [0.05, 0.1) is 6.10 Å². The maximum absolute atomic E-state index is 13.0. The SMILES string of the molecule is CC(C)OC(=O)[C@@H](Cc1ccccc1)NC(=O)[C@H](NC(=O)CCC1CCCC1)C(C)C. The molecule has 1 aromatic rings. The van der Waals surface area contributed by atoms with Crippen LogP contribution >= 0.6 is 0 Å². The van der Waals surface area contributed by atoms with E-state index in [9.17, 15) is 14.4 Å². The van der Waals surface area contributed by atoms with Gasteiger partial charge in [-0.1, -0.05) is 69.9 Å². The third kappa shape index (κ3) is 8.72. The predicted molar refractivity (Wildman–Crippen MR) is 121 cm³/mol. The summed E-state index contributed by atoms with van der Waals surface area (Å²) in [5.74, 6) is -0.412. The summed E-state index contributed by atoms with van der Waals surface area (Å²) in [6, 6.07) is 8.00. The van der Waals surface area contributed by atoms with Crippen molar-refractivity contribution in [1.29, 1.82) is 0 Å². The molecule has 1 fully saturated rings. The summed E-state index contributed by atoms with van der Waals surface area (Å²) in [5, 5.41) is 5.71. The van der Waals surface area contributed by atoms with E-state index in [4.69, 9.17) is 4.74 Å². The summed E-state index contributed by atoms with van der Waals surface area (Å²) in [5.41, 5.74) is 0.926. The van der Waals surface area contributed by atoms with Crippen LogP contribution in [0.15, 0.2) is 30.3 Å². The highest BCUT2D eigenvalue weighted by Gasteiger charge is 2.30. The minimum Gasteiger partial charge on any atom is -0.461 e. The quantitative estimate of drug-likeness (QED) is 0.523. The maximum atomic E-state index is 13.0. The molecule has 6 heteroatoms. The molecule has 0 heterocycles. The summed E-state index contributed by atoms with van der Waals surface area (Å²) in [6.45, 7) is 7.34. The number of esters is 1. The highest BCUT2D eigenvalue weighted by atomic mass is 16.5. The second-order valence-electron chi connectivity index (χ2n) is 9.21. The molecule has 172 valence electrons. The molecule has 2 rings (SSSR count). The molecule has 0 saturated heterocycles. The Kier molecular flexibility index (Phi) is 10.0. The Balaban J connectivity index is 2.00. The fraction of sp³-hybridized carbons (Fsp3) is 0.640. The summed E-state index contributed by atoms with van der Waals surface area (Å²) in [7, 11) is 0. The smallest absolute Gasteiger partial charge is 0.329 e. The summed E-state index contributed by atoms with van der Waals surface area (Å²) in [4.78, 5) is 38.2. The van der Waals surface area contributed by atoms with Gasteiger partial charge >= 0.3 is 5.97 Å². The van der Waals surface area contributed by atoms with Crippen LogP contribution in [0.2, 0.25) is 0 Å². The summed E-state index contributed by atoms with van der Waals surface area (Å²) < 4.78 is 5.36. The predicted octanol–water partition coefficient (Wildman–Crippen LogP) is 3.78. The van der Waals surface area contributed by atoms with Crippen LogP contribution in [0.25, 0.3) is 0 Å². The van der Waals surface area contributed by atoms with Crippen LogP contribution in [-0.4, -0.2) is 36.0 Å². The van der Waals surface area contributed by atoms with Gasteiger partial charge in [0.25, 0.3) is 0 Å². The van der Waals surface area contributed by atoms with Crippen LogP contribution < -0.4 is 10.6 Å². The molecule has 1 aliphatic rings. The molecule has 2 atom stereocenters. The number of hydrogen-bond donors (Lipinski definition) is 2. The molecule has 0 radical (unpaired) electrons. The van der Waals surface area contributed by atoms with Crippen molar-refractivity contribution < 1.29 is 19.1 Å². The maximum Gasteiger partial charge on any atom is 0.329 e. The first-order chi connectivity index (χ1) is 14.8. The van der Waals surface area contributed by atoms with Gasteiger partial charge in [-0.15, -0.1) is 0 Å². The van der Waals surface area contributed by atoms with Gasteiger partial charge < -0.3 is 15.4 Å². The zero-order chi connectivity index (χ0) is 22.8. The number of rotatable bonds is 11. The highest BCUT2D eigenvalue weighted by Crippen LogP contribution is 2.28. The number of hydrogen-bond acceptors (Lipinski definition) is 4. The molecule has 31 heavy (non-hydrogen) atoms. The number of carbonyl (C=O) groups excluding carboxylic acids is 3. The molecule has 0 aliphatic heterocycles. The lowest BCUT2D eigenvalue weighted by Gasteiger charge is -2.25. The largest absolute Gasteiger partial charge is 0.461 e. The Morgan fingerprint density at radius 1 is 1.00 bits per heavy atom. The number of ether oxygens (including phenoxy) is 1. The van der Waals surface area contributed by atoms with Crippen LogP contribution in [0, 0.1) is 11.8 Å². The van der Waals surface area contributed by atoms with Gasteiger partial charge in [-0.2, -0.15) is 0 Å². The van der Waals surface area contributed by atoms with Gasteiger partial charge in [-0.05, 0) is 37.7 Å². The third-order valence-corrected chi connectivity index (χ3v) is 5.76. The van der Waals surface area contributed by atoms with E-state index in [1.165, 1.54) is 25.7 Å². The van der Waals surface area contributed by atoms with Gasteiger partial charge in [0.15, 0.2) is 0 Å². The second-order valence-corrected chi connectivity index (χ2v) is 9.21. The summed E-state index contributed by atoms with van der Waals surface area (Å²) >= 11 is 0. The molecule has 1 aromatic carbocycles. The first-order valence-electron chi connectivity index (χ1n) is 11.6. The number of nitrogens with one attached hydrogen (secondary N) is 2. The molecule has 0 bridgehead atoms. The lowest BCUT2D eigenvalue weighted by Crippen LogP contribution is -2.54. The van der Waals surface area contributed by atoms with Crippen LogP contribution in [-0.2, 0) is 25.5 Å². The lowest BCUT2D eigenvalue weighted by molar-refractivity contribution is -0.151. The summed E-state index contributed by atoms with van der Waals surface area (Å²) in [6.07, 6.45) is 6.25. The van der Waals surface area contributed by atoms with Gasteiger partial charge in [-0.25, -0.2) is 4.79 Å². The lowest BCUT2D eigenvalue weighted by atomic mass is 9.99. The van der Waals surface area contributed by atoms with Crippen molar-refractivity contribution in [2.45, 2.75) is 90.8 Å². The van der Waals surface area contributed by atoms with E-state index < -0.39 is 18.1 Å². The van der Waals surface area contributed by atoms with Crippen LogP contribution in [0.3, 0.4) is 0 Å². The Morgan fingerprint density at radius 3 is 2.23 bits per heavy atom. The Hall–Kier alpha value is -2.37. The van der Waals surface area contributed by atoms with Crippen molar-refractivity contribution in [3.8, 4) is 0 Å². The molecule has 1 aliphatic carbocycles. The first-order valence-corrected chi connectivity index (χ1v) is 11.6. The second kappa shape index (κ2) is 12.5. The molecule has 2 N–H and O–H groups in total. The van der Waals surface area contributed by atoms with E-state index in [0.29, 0.717) is 18.8 Å².